The van der Waals surface area contributed by atoms with Crippen molar-refractivity contribution in [2.45, 2.75) is 32.6 Å². The lowest BCUT2D eigenvalue weighted by atomic mass is 10.2. The Bertz CT molecular complexity index is 678. The summed E-state index contributed by atoms with van der Waals surface area (Å²) in [5.74, 6) is 2.64. The zero-order valence-electron chi connectivity index (χ0n) is 15.4. The SMILES string of the molecule is CCCCCCNc1nc(NCCN)c2cc(OC)c(OC)cc2n1. The Labute approximate surface area is 149 Å². The van der Waals surface area contributed by atoms with Gasteiger partial charge in [0.15, 0.2) is 11.5 Å². The fourth-order valence-electron chi connectivity index (χ4n) is 2.61. The number of nitrogens with one attached hydrogen (secondary N) is 2. The Hall–Kier alpha value is -2.28. The van der Waals surface area contributed by atoms with Gasteiger partial charge in [0.25, 0.3) is 0 Å². The summed E-state index contributed by atoms with van der Waals surface area (Å²) in [6.07, 6.45) is 4.79. The summed E-state index contributed by atoms with van der Waals surface area (Å²) in [5, 5.41) is 7.46. The molecule has 0 atom stereocenters. The first-order valence-electron chi connectivity index (χ1n) is 8.85. The first-order valence-corrected chi connectivity index (χ1v) is 8.85. The Morgan fingerprint density at radius 2 is 1.72 bits per heavy atom. The van der Waals surface area contributed by atoms with Crippen molar-refractivity contribution in [1.29, 1.82) is 0 Å². The van der Waals surface area contributed by atoms with Gasteiger partial charge in [0.1, 0.15) is 5.82 Å². The molecule has 0 spiro atoms. The van der Waals surface area contributed by atoms with Crippen LogP contribution in [0.5, 0.6) is 11.5 Å². The number of aromatic nitrogens is 2. The van der Waals surface area contributed by atoms with E-state index in [-0.39, 0.29) is 0 Å². The number of nitrogens with two attached hydrogens (primary N) is 1. The van der Waals surface area contributed by atoms with E-state index in [1.54, 1.807) is 14.2 Å². The molecule has 0 aliphatic heterocycles. The molecule has 1 aromatic heterocycles. The monoisotopic (exact) mass is 347 g/mol. The second-order valence-electron chi connectivity index (χ2n) is 5.82. The molecule has 138 valence electrons. The lowest BCUT2D eigenvalue weighted by Gasteiger charge is -2.14. The van der Waals surface area contributed by atoms with Gasteiger partial charge in [-0.1, -0.05) is 26.2 Å². The topological polar surface area (TPSA) is 94.3 Å². The number of methoxy groups -OCH3 is 2. The number of unbranched alkanes of at least 4 members (excludes halogenated alkanes) is 3. The van der Waals surface area contributed by atoms with Gasteiger partial charge in [0, 0.05) is 31.1 Å². The highest BCUT2D eigenvalue weighted by atomic mass is 16.5. The molecular weight excluding hydrogens is 318 g/mol. The van der Waals surface area contributed by atoms with Crippen molar-refractivity contribution in [1.82, 2.24) is 9.97 Å². The average Bonchev–Trinajstić information content (AvgIpc) is 2.64. The second-order valence-corrected chi connectivity index (χ2v) is 5.82. The van der Waals surface area contributed by atoms with Crippen LogP contribution < -0.4 is 25.8 Å². The Morgan fingerprint density at radius 1 is 0.960 bits per heavy atom. The van der Waals surface area contributed by atoms with Crippen molar-refractivity contribution < 1.29 is 9.47 Å². The molecule has 0 unspecified atom stereocenters. The van der Waals surface area contributed by atoms with E-state index < -0.39 is 0 Å². The van der Waals surface area contributed by atoms with Crippen molar-refractivity contribution in [2.75, 3.05) is 44.5 Å². The number of benzene rings is 1. The third kappa shape index (κ3) is 5.09. The summed E-state index contributed by atoms with van der Waals surface area (Å²) in [6, 6.07) is 3.75. The number of hydrogen-bond donors (Lipinski definition) is 3. The van der Waals surface area contributed by atoms with E-state index in [0.29, 0.717) is 30.5 Å². The van der Waals surface area contributed by atoms with Gasteiger partial charge in [0.05, 0.1) is 19.7 Å². The van der Waals surface area contributed by atoms with E-state index in [9.17, 15) is 0 Å². The van der Waals surface area contributed by atoms with Crippen LogP contribution in [-0.2, 0) is 0 Å². The molecule has 0 aliphatic carbocycles. The van der Waals surface area contributed by atoms with E-state index in [0.717, 1.165) is 29.7 Å². The fraction of sp³-hybridized carbons (Fsp3) is 0.556. The van der Waals surface area contributed by atoms with Gasteiger partial charge in [0.2, 0.25) is 5.95 Å². The van der Waals surface area contributed by atoms with Gasteiger partial charge in [-0.25, -0.2) is 4.98 Å². The van der Waals surface area contributed by atoms with Crippen LogP contribution in [0.3, 0.4) is 0 Å². The maximum atomic E-state index is 5.62. The predicted octanol–water partition coefficient (Wildman–Crippen LogP) is 3.01. The third-order valence-corrected chi connectivity index (χ3v) is 3.95. The van der Waals surface area contributed by atoms with Crippen LogP contribution in [0.4, 0.5) is 11.8 Å². The molecule has 1 heterocycles. The molecule has 0 radical (unpaired) electrons. The molecule has 25 heavy (non-hydrogen) atoms. The summed E-state index contributed by atoms with van der Waals surface area (Å²) in [4.78, 5) is 9.22. The van der Waals surface area contributed by atoms with Crippen molar-refractivity contribution in [3.8, 4) is 11.5 Å². The van der Waals surface area contributed by atoms with Crippen LogP contribution in [0, 0.1) is 0 Å². The molecule has 7 nitrogen and oxygen atoms in total. The highest BCUT2D eigenvalue weighted by Gasteiger charge is 2.13. The number of rotatable bonds is 11. The Morgan fingerprint density at radius 3 is 2.40 bits per heavy atom. The molecule has 0 bridgehead atoms. The molecule has 4 N–H and O–H groups in total. The summed E-state index contributed by atoms with van der Waals surface area (Å²) in [5.41, 5.74) is 6.42. The van der Waals surface area contributed by atoms with E-state index in [2.05, 4.69) is 27.5 Å². The Balaban J connectivity index is 2.30. The average molecular weight is 347 g/mol. The van der Waals surface area contributed by atoms with Crippen LogP contribution in [0.1, 0.15) is 32.6 Å². The second kappa shape index (κ2) is 9.88. The minimum atomic E-state index is 0.526. The third-order valence-electron chi connectivity index (χ3n) is 3.95. The summed E-state index contributed by atoms with van der Waals surface area (Å²) in [7, 11) is 3.23. The van der Waals surface area contributed by atoms with Crippen LogP contribution in [0.2, 0.25) is 0 Å². The van der Waals surface area contributed by atoms with E-state index >= 15 is 0 Å². The number of nitrogens with zero attached hydrogens (tertiary/aromatic N) is 2. The van der Waals surface area contributed by atoms with Crippen LogP contribution in [0.15, 0.2) is 12.1 Å². The van der Waals surface area contributed by atoms with Gasteiger partial charge < -0.3 is 25.8 Å². The maximum absolute atomic E-state index is 5.62. The first-order chi connectivity index (χ1) is 12.2. The van der Waals surface area contributed by atoms with Gasteiger partial charge in [-0.05, 0) is 12.5 Å². The largest absolute Gasteiger partial charge is 0.493 e. The van der Waals surface area contributed by atoms with Crippen LogP contribution in [-0.4, -0.2) is 43.8 Å². The zero-order valence-corrected chi connectivity index (χ0v) is 15.4. The van der Waals surface area contributed by atoms with E-state index in [1.807, 2.05) is 12.1 Å². The summed E-state index contributed by atoms with van der Waals surface area (Å²) < 4.78 is 10.8. The predicted molar refractivity (Wildman–Crippen MR) is 103 cm³/mol. The molecular formula is C18H29N5O2. The molecule has 0 saturated carbocycles. The van der Waals surface area contributed by atoms with Crippen molar-refractivity contribution in [3.63, 3.8) is 0 Å². The number of anilines is 2. The summed E-state index contributed by atoms with van der Waals surface area (Å²) in [6.45, 7) is 4.22. The Kier molecular flexibility index (Phi) is 7.53. The molecule has 0 saturated heterocycles. The molecule has 1 aromatic carbocycles. The molecule has 2 rings (SSSR count). The van der Waals surface area contributed by atoms with Crippen molar-refractivity contribution in [2.24, 2.45) is 5.73 Å². The molecule has 0 aliphatic rings. The van der Waals surface area contributed by atoms with E-state index in [4.69, 9.17) is 15.2 Å². The highest BCUT2D eigenvalue weighted by Crippen LogP contribution is 2.34. The number of hydrogen-bond acceptors (Lipinski definition) is 7. The minimum absolute atomic E-state index is 0.526. The lowest BCUT2D eigenvalue weighted by Crippen LogP contribution is -2.15. The fourth-order valence-corrected chi connectivity index (χ4v) is 2.61. The van der Waals surface area contributed by atoms with Crippen LogP contribution >= 0.6 is 0 Å². The molecule has 0 amide bonds. The minimum Gasteiger partial charge on any atom is -0.493 e. The number of fused-ring (bicyclic) bond motifs is 1. The van der Waals surface area contributed by atoms with Gasteiger partial charge in [-0.15, -0.1) is 0 Å². The van der Waals surface area contributed by atoms with Gasteiger partial charge >= 0.3 is 0 Å². The standard InChI is InChI=1S/C18H29N5O2/c1-4-5-6-7-9-21-18-22-14-12-16(25-3)15(24-2)11-13(14)17(23-18)20-10-8-19/h11-12H,4-10,19H2,1-3H3,(H2,20,21,22,23). The smallest absolute Gasteiger partial charge is 0.225 e. The van der Waals surface area contributed by atoms with E-state index in [1.165, 1.54) is 19.3 Å². The number of ether oxygens (including phenoxy) is 2. The molecule has 2 aromatic rings. The quantitative estimate of drug-likeness (QED) is 0.538. The van der Waals surface area contributed by atoms with Gasteiger partial charge in [-0.2, -0.15) is 4.98 Å². The highest BCUT2D eigenvalue weighted by molar-refractivity contribution is 5.92. The molecule has 7 heteroatoms. The first kappa shape index (κ1) is 19.1. The van der Waals surface area contributed by atoms with Crippen molar-refractivity contribution >= 4 is 22.7 Å². The maximum Gasteiger partial charge on any atom is 0.225 e. The van der Waals surface area contributed by atoms with Crippen LogP contribution in [0.25, 0.3) is 10.9 Å². The summed E-state index contributed by atoms with van der Waals surface area (Å²) >= 11 is 0. The lowest BCUT2D eigenvalue weighted by molar-refractivity contribution is 0.356. The normalized spacial score (nSPS) is 10.7. The van der Waals surface area contributed by atoms with Crippen molar-refractivity contribution in [3.05, 3.63) is 12.1 Å². The molecule has 0 fully saturated rings. The van der Waals surface area contributed by atoms with Gasteiger partial charge in [-0.3, -0.25) is 0 Å². The zero-order chi connectivity index (χ0) is 18.1.